The zero-order chi connectivity index (χ0) is 12.5. The predicted molar refractivity (Wildman–Crippen MR) is 72.2 cm³/mol. The Kier molecular flexibility index (Phi) is 6.46. The molecule has 2 N–H and O–H groups in total. The number of aromatic nitrogens is 3. The number of hydrogen-bond donors (Lipinski definition) is 2. The molecule has 0 aliphatic carbocycles. The molecule has 0 saturated carbocycles. The second-order valence-corrected chi connectivity index (χ2v) is 4.48. The molecule has 0 bridgehead atoms. The molecular formula is C10H20N6S. The fraction of sp³-hybridized carbons (Fsp3) is 0.700. The number of hydrogen-bond acceptors (Lipinski definition) is 4. The number of nitrogens with one attached hydrogen (secondary N) is 2. The van der Waals surface area contributed by atoms with Gasteiger partial charge in [0.2, 0.25) is 0 Å². The molecule has 0 atom stereocenters. The molecular weight excluding hydrogens is 236 g/mol. The smallest absolute Gasteiger partial charge is 0.191 e. The van der Waals surface area contributed by atoms with Gasteiger partial charge in [0.15, 0.2) is 5.96 Å². The van der Waals surface area contributed by atoms with E-state index in [4.69, 9.17) is 0 Å². The molecule has 0 spiro atoms. The van der Waals surface area contributed by atoms with Gasteiger partial charge in [-0.05, 0) is 18.4 Å². The maximum absolute atomic E-state index is 4.14. The summed E-state index contributed by atoms with van der Waals surface area (Å²) in [5.74, 6) is 2.85. The minimum absolute atomic E-state index is 0.624. The summed E-state index contributed by atoms with van der Waals surface area (Å²) in [5, 5.41) is 10.5. The first kappa shape index (κ1) is 13.8. The van der Waals surface area contributed by atoms with E-state index in [0.29, 0.717) is 6.54 Å². The number of aliphatic imine (C=N–C) groups is 1. The molecule has 1 aromatic rings. The molecule has 6 nitrogen and oxygen atoms in total. The molecule has 1 aromatic heterocycles. The Balaban J connectivity index is 2.26. The molecule has 0 aliphatic rings. The summed E-state index contributed by atoms with van der Waals surface area (Å²) in [6.07, 6.45) is 4.79. The first-order valence-corrected chi connectivity index (χ1v) is 6.93. The Morgan fingerprint density at radius 3 is 2.94 bits per heavy atom. The van der Waals surface area contributed by atoms with E-state index >= 15 is 0 Å². The molecule has 0 fully saturated rings. The van der Waals surface area contributed by atoms with Crippen LogP contribution in [0.3, 0.4) is 0 Å². The summed E-state index contributed by atoms with van der Waals surface area (Å²) in [6.45, 7) is 1.55. The maximum Gasteiger partial charge on any atom is 0.191 e. The quantitative estimate of drug-likeness (QED) is 0.433. The topological polar surface area (TPSA) is 67.1 Å². The van der Waals surface area contributed by atoms with Gasteiger partial charge in [0.05, 0.1) is 6.54 Å². The van der Waals surface area contributed by atoms with Crippen LogP contribution in [0, 0.1) is 0 Å². The summed E-state index contributed by atoms with van der Waals surface area (Å²) in [6, 6.07) is 0. The lowest BCUT2D eigenvalue weighted by Gasteiger charge is -2.10. The molecule has 7 heteroatoms. The van der Waals surface area contributed by atoms with Crippen molar-refractivity contribution in [2.45, 2.75) is 13.0 Å². The van der Waals surface area contributed by atoms with E-state index in [1.807, 2.05) is 18.8 Å². The van der Waals surface area contributed by atoms with Crippen LogP contribution in [0.2, 0.25) is 0 Å². The van der Waals surface area contributed by atoms with Gasteiger partial charge in [-0.25, -0.2) is 4.98 Å². The van der Waals surface area contributed by atoms with Crippen LogP contribution in [0.1, 0.15) is 12.2 Å². The van der Waals surface area contributed by atoms with Crippen molar-refractivity contribution in [2.24, 2.45) is 12.0 Å². The van der Waals surface area contributed by atoms with Crippen LogP contribution in [0.4, 0.5) is 0 Å². The third-order valence-corrected chi connectivity index (χ3v) is 2.96. The van der Waals surface area contributed by atoms with Gasteiger partial charge in [0, 0.05) is 20.6 Å². The van der Waals surface area contributed by atoms with E-state index in [1.165, 1.54) is 0 Å². The Bertz CT molecular complexity index is 348. The van der Waals surface area contributed by atoms with Crippen molar-refractivity contribution < 1.29 is 0 Å². The molecule has 0 aromatic carbocycles. The van der Waals surface area contributed by atoms with Gasteiger partial charge in [-0.1, -0.05) is 0 Å². The number of rotatable bonds is 6. The average molecular weight is 256 g/mol. The van der Waals surface area contributed by atoms with Crippen LogP contribution in [0.25, 0.3) is 0 Å². The van der Waals surface area contributed by atoms with Gasteiger partial charge < -0.3 is 10.6 Å². The third-order valence-electron chi connectivity index (χ3n) is 2.26. The van der Waals surface area contributed by atoms with Crippen LogP contribution in [-0.2, 0) is 13.6 Å². The van der Waals surface area contributed by atoms with Gasteiger partial charge in [0.25, 0.3) is 0 Å². The summed E-state index contributed by atoms with van der Waals surface area (Å²) in [5.41, 5.74) is 0. The zero-order valence-electron chi connectivity index (χ0n) is 10.6. The highest BCUT2D eigenvalue weighted by molar-refractivity contribution is 7.98. The van der Waals surface area contributed by atoms with Crippen molar-refractivity contribution in [1.82, 2.24) is 25.4 Å². The van der Waals surface area contributed by atoms with Crippen molar-refractivity contribution in [3.63, 3.8) is 0 Å². The molecule has 0 saturated heterocycles. The van der Waals surface area contributed by atoms with E-state index in [9.17, 15) is 0 Å². The highest BCUT2D eigenvalue weighted by Crippen LogP contribution is 1.93. The number of nitrogens with zero attached hydrogens (tertiary/aromatic N) is 4. The molecule has 1 heterocycles. The van der Waals surface area contributed by atoms with Gasteiger partial charge in [0.1, 0.15) is 12.2 Å². The number of aryl methyl sites for hydroxylation is 1. The standard InChI is InChI=1S/C10H20N6S/c1-11-10(12-5-4-6-17-3)13-7-9-14-8-15-16(9)2/h8H,4-7H2,1-3H3,(H2,11,12,13). The van der Waals surface area contributed by atoms with E-state index in [-0.39, 0.29) is 0 Å². The van der Waals surface area contributed by atoms with Gasteiger partial charge in [-0.3, -0.25) is 9.67 Å². The SMILES string of the molecule is CN=C(NCCCSC)NCc1ncnn1C. The van der Waals surface area contributed by atoms with E-state index in [2.05, 4.69) is 32.0 Å². The van der Waals surface area contributed by atoms with Crippen LogP contribution in [-0.4, -0.2) is 46.3 Å². The van der Waals surface area contributed by atoms with Gasteiger partial charge in [-0.15, -0.1) is 0 Å². The van der Waals surface area contributed by atoms with Gasteiger partial charge >= 0.3 is 0 Å². The Morgan fingerprint density at radius 1 is 1.53 bits per heavy atom. The molecule has 17 heavy (non-hydrogen) atoms. The first-order valence-electron chi connectivity index (χ1n) is 5.54. The van der Waals surface area contributed by atoms with Crippen LogP contribution >= 0.6 is 11.8 Å². The van der Waals surface area contributed by atoms with Crippen molar-refractivity contribution in [3.05, 3.63) is 12.2 Å². The van der Waals surface area contributed by atoms with E-state index in [1.54, 1.807) is 18.1 Å². The molecule has 96 valence electrons. The highest BCUT2D eigenvalue weighted by atomic mass is 32.2. The average Bonchev–Trinajstić information content (AvgIpc) is 2.74. The van der Waals surface area contributed by atoms with E-state index < -0.39 is 0 Å². The van der Waals surface area contributed by atoms with Crippen molar-refractivity contribution in [1.29, 1.82) is 0 Å². The maximum atomic E-state index is 4.14. The van der Waals surface area contributed by atoms with Crippen molar-refractivity contribution >= 4 is 17.7 Å². The van der Waals surface area contributed by atoms with Crippen LogP contribution < -0.4 is 10.6 Å². The fourth-order valence-corrected chi connectivity index (χ4v) is 1.72. The Hall–Kier alpha value is -1.24. The summed E-state index contributed by atoms with van der Waals surface area (Å²) in [7, 11) is 3.64. The number of guanidine groups is 1. The first-order chi connectivity index (χ1) is 8.27. The summed E-state index contributed by atoms with van der Waals surface area (Å²) >= 11 is 1.85. The minimum atomic E-state index is 0.624. The van der Waals surface area contributed by atoms with Crippen LogP contribution in [0.15, 0.2) is 11.3 Å². The molecule has 0 aliphatic heterocycles. The normalized spacial score (nSPS) is 11.6. The predicted octanol–water partition coefficient (Wildman–Crippen LogP) is 0.233. The van der Waals surface area contributed by atoms with E-state index in [0.717, 1.165) is 30.5 Å². The summed E-state index contributed by atoms with van der Waals surface area (Å²) < 4.78 is 1.74. The lowest BCUT2D eigenvalue weighted by molar-refractivity contribution is 0.672. The zero-order valence-corrected chi connectivity index (χ0v) is 11.4. The van der Waals surface area contributed by atoms with Crippen LogP contribution in [0.5, 0.6) is 0 Å². The molecule has 1 rings (SSSR count). The second kappa shape index (κ2) is 7.94. The van der Waals surface area contributed by atoms with Gasteiger partial charge in [-0.2, -0.15) is 16.9 Å². The lowest BCUT2D eigenvalue weighted by Crippen LogP contribution is -2.38. The monoisotopic (exact) mass is 256 g/mol. The molecule has 0 radical (unpaired) electrons. The fourth-order valence-electron chi connectivity index (χ4n) is 1.29. The number of thioether (sulfide) groups is 1. The third kappa shape index (κ3) is 5.08. The second-order valence-electron chi connectivity index (χ2n) is 3.50. The Labute approximate surface area is 106 Å². The highest BCUT2D eigenvalue weighted by Gasteiger charge is 2.01. The minimum Gasteiger partial charge on any atom is -0.356 e. The largest absolute Gasteiger partial charge is 0.356 e. The lowest BCUT2D eigenvalue weighted by atomic mass is 10.5. The van der Waals surface area contributed by atoms with Crippen molar-refractivity contribution in [2.75, 3.05) is 25.6 Å². The Morgan fingerprint density at radius 2 is 2.35 bits per heavy atom. The van der Waals surface area contributed by atoms with Crippen molar-refractivity contribution in [3.8, 4) is 0 Å². The molecule has 0 unspecified atom stereocenters. The summed E-state index contributed by atoms with van der Waals surface area (Å²) in [4.78, 5) is 8.28. The molecule has 0 amide bonds.